The lowest BCUT2D eigenvalue weighted by molar-refractivity contribution is -0.134. The molecule has 1 aromatic carbocycles. The van der Waals surface area contributed by atoms with Gasteiger partial charge in [0.05, 0.1) is 7.11 Å². The monoisotopic (exact) mass is 319 g/mol. The van der Waals surface area contributed by atoms with Gasteiger partial charge < -0.3 is 20.1 Å². The van der Waals surface area contributed by atoms with Crippen LogP contribution in [-0.4, -0.2) is 37.0 Å². The van der Waals surface area contributed by atoms with Crippen LogP contribution in [0.4, 0.5) is 0 Å². The van der Waals surface area contributed by atoms with Crippen LogP contribution in [0.1, 0.15) is 32.1 Å². The molecule has 1 aromatic rings. The lowest BCUT2D eigenvalue weighted by atomic mass is 9.93. The van der Waals surface area contributed by atoms with Crippen LogP contribution in [0, 0.1) is 11.3 Å². The average molecular weight is 319 g/mol. The molecule has 0 bridgehead atoms. The number of methoxy groups -OCH3 is 1. The second kappa shape index (κ2) is 8.41. The van der Waals surface area contributed by atoms with E-state index in [1.807, 2.05) is 4.90 Å². The Labute approximate surface area is 137 Å². The summed E-state index contributed by atoms with van der Waals surface area (Å²) < 4.78 is 10.4. The molecule has 1 atom stereocenters. The number of nitrogens with two attached hydrogens (primary N) is 1. The van der Waals surface area contributed by atoms with Crippen LogP contribution in [0.3, 0.4) is 0 Å². The average Bonchev–Trinajstić information content (AvgIpc) is 2.56. The van der Waals surface area contributed by atoms with Gasteiger partial charge in [0, 0.05) is 19.5 Å². The SMILES string of the molecule is COc1ccc(OC(=O)CCCC2CCCN(C(=N)N)C2)cc1. The second-order valence-corrected chi connectivity index (χ2v) is 5.88. The molecule has 1 aliphatic rings. The molecule has 0 saturated carbocycles. The predicted octanol–water partition coefficient (Wildman–Crippen LogP) is 2.38. The number of rotatable bonds is 6. The van der Waals surface area contributed by atoms with Crippen molar-refractivity contribution in [1.29, 1.82) is 5.41 Å². The highest BCUT2D eigenvalue weighted by atomic mass is 16.5. The van der Waals surface area contributed by atoms with Crippen LogP contribution < -0.4 is 15.2 Å². The van der Waals surface area contributed by atoms with Gasteiger partial charge in [-0.2, -0.15) is 0 Å². The van der Waals surface area contributed by atoms with Crippen molar-refractivity contribution in [2.24, 2.45) is 11.7 Å². The first-order valence-electron chi connectivity index (χ1n) is 8.02. The standard InChI is InChI=1S/C17H25N3O3/c1-22-14-7-9-15(10-8-14)23-16(21)6-2-4-13-5-3-11-20(12-13)17(18)19/h7-10,13H,2-6,11-12H2,1H3,(H3,18,19). The molecule has 0 radical (unpaired) electrons. The number of piperidine rings is 1. The minimum absolute atomic E-state index is 0.147. The molecule has 1 heterocycles. The Kier molecular flexibility index (Phi) is 6.26. The van der Waals surface area contributed by atoms with Crippen molar-refractivity contribution in [2.75, 3.05) is 20.2 Å². The first kappa shape index (κ1) is 17.1. The summed E-state index contributed by atoms with van der Waals surface area (Å²) in [6.45, 7) is 1.69. The topological polar surface area (TPSA) is 88.6 Å². The van der Waals surface area contributed by atoms with E-state index in [9.17, 15) is 4.79 Å². The van der Waals surface area contributed by atoms with Gasteiger partial charge in [-0.25, -0.2) is 0 Å². The summed E-state index contributed by atoms with van der Waals surface area (Å²) in [5.41, 5.74) is 5.54. The Morgan fingerprint density at radius 1 is 1.35 bits per heavy atom. The van der Waals surface area contributed by atoms with Crippen LogP contribution in [0.25, 0.3) is 0 Å². The van der Waals surface area contributed by atoms with E-state index in [0.717, 1.165) is 44.5 Å². The molecule has 1 saturated heterocycles. The number of ether oxygens (including phenoxy) is 2. The number of esters is 1. The smallest absolute Gasteiger partial charge is 0.311 e. The first-order valence-corrected chi connectivity index (χ1v) is 8.02. The zero-order chi connectivity index (χ0) is 16.7. The Hall–Kier alpha value is -2.24. The molecule has 0 amide bonds. The van der Waals surface area contributed by atoms with Crippen LogP contribution in [0.5, 0.6) is 11.5 Å². The van der Waals surface area contributed by atoms with Crippen LogP contribution in [0.15, 0.2) is 24.3 Å². The molecule has 3 N–H and O–H groups in total. The van der Waals surface area contributed by atoms with Crippen molar-refractivity contribution in [2.45, 2.75) is 32.1 Å². The molecule has 126 valence electrons. The number of carbonyl (C=O) groups excluding carboxylic acids is 1. The lowest BCUT2D eigenvalue weighted by Gasteiger charge is -2.32. The zero-order valence-electron chi connectivity index (χ0n) is 13.6. The molecule has 6 nitrogen and oxygen atoms in total. The van der Waals surface area contributed by atoms with Crippen molar-refractivity contribution in [3.63, 3.8) is 0 Å². The maximum atomic E-state index is 11.9. The summed E-state index contributed by atoms with van der Waals surface area (Å²) >= 11 is 0. The van der Waals surface area contributed by atoms with Crippen molar-refractivity contribution in [1.82, 2.24) is 4.90 Å². The molecular weight excluding hydrogens is 294 g/mol. The summed E-state index contributed by atoms with van der Waals surface area (Å²) in [4.78, 5) is 13.8. The largest absolute Gasteiger partial charge is 0.497 e. The fourth-order valence-electron chi connectivity index (χ4n) is 2.88. The fraction of sp³-hybridized carbons (Fsp3) is 0.529. The van der Waals surface area contributed by atoms with Gasteiger partial charge >= 0.3 is 5.97 Å². The van der Waals surface area contributed by atoms with Gasteiger partial charge in [-0.05, 0) is 55.9 Å². The van der Waals surface area contributed by atoms with E-state index >= 15 is 0 Å². The number of likely N-dealkylation sites (tertiary alicyclic amines) is 1. The van der Waals surface area contributed by atoms with Gasteiger partial charge in [0.15, 0.2) is 5.96 Å². The summed E-state index contributed by atoms with van der Waals surface area (Å²) in [6, 6.07) is 6.98. The number of hydrogen-bond donors (Lipinski definition) is 2. The molecule has 1 aliphatic heterocycles. The molecular formula is C17H25N3O3. The number of nitrogens with one attached hydrogen (secondary N) is 1. The minimum atomic E-state index is -0.214. The number of nitrogens with zero attached hydrogens (tertiary/aromatic N) is 1. The summed E-state index contributed by atoms with van der Waals surface area (Å²) in [5.74, 6) is 1.71. The van der Waals surface area contributed by atoms with E-state index in [2.05, 4.69) is 0 Å². The van der Waals surface area contributed by atoms with Gasteiger partial charge in [0.1, 0.15) is 11.5 Å². The second-order valence-electron chi connectivity index (χ2n) is 5.88. The predicted molar refractivity (Wildman–Crippen MR) is 88.7 cm³/mol. The lowest BCUT2D eigenvalue weighted by Crippen LogP contribution is -2.43. The molecule has 0 spiro atoms. The van der Waals surface area contributed by atoms with E-state index in [0.29, 0.717) is 18.1 Å². The molecule has 0 aromatic heterocycles. The van der Waals surface area contributed by atoms with Gasteiger partial charge in [0.25, 0.3) is 0 Å². The van der Waals surface area contributed by atoms with Crippen molar-refractivity contribution < 1.29 is 14.3 Å². The Balaban J connectivity index is 1.69. The maximum Gasteiger partial charge on any atom is 0.311 e. The van der Waals surface area contributed by atoms with E-state index in [-0.39, 0.29) is 11.9 Å². The Bertz CT molecular complexity index is 530. The third-order valence-electron chi connectivity index (χ3n) is 4.14. The number of guanidine groups is 1. The highest BCUT2D eigenvalue weighted by molar-refractivity contribution is 5.74. The number of carbonyl (C=O) groups is 1. The molecule has 0 aliphatic carbocycles. The third-order valence-corrected chi connectivity index (χ3v) is 4.14. The summed E-state index contributed by atoms with van der Waals surface area (Å²) in [7, 11) is 1.60. The van der Waals surface area contributed by atoms with E-state index < -0.39 is 0 Å². The van der Waals surface area contributed by atoms with Gasteiger partial charge in [-0.15, -0.1) is 0 Å². The summed E-state index contributed by atoms with van der Waals surface area (Å²) in [6.07, 6.45) is 4.35. The Morgan fingerprint density at radius 2 is 2.04 bits per heavy atom. The Morgan fingerprint density at radius 3 is 2.70 bits per heavy atom. The molecule has 1 fully saturated rings. The fourth-order valence-corrected chi connectivity index (χ4v) is 2.88. The van der Waals surface area contributed by atoms with Gasteiger partial charge in [-0.1, -0.05) is 0 Å². The van der Waals surface area contributed by atoms with E-state index in [1.165, 1.54) is 0 Å². The van der Waals surface area contributed by atoms with E-state index in [1.54, 1.807) is 31.4 Å². The van der Waals surface area contributed by atoms with Crippen molar-refractivity contribution in [3.05, 3.63) is 24.3 Å². The van der Waals surface area contributed by atoms with Gasteiger partial charge in [-0.3, -0.25) is 10.2 Å². The van der Waals surface area contributed by atoms with Crippen LogP contribution in [0.2, 0.25) is 0 Å². The third kappa shape index (κ3) is 5.47. The molecule has 2 rings (SSSR count). The number of hydrogen-bond acceptors (Lipinski definition) is 4. The maximum absolute atomic E-state index is 11.9. The highest BCUT2D eigenvalue weighted by Gasteiger charge is 2.20. The quantitative estimate of drug-likeness (QED) is 0.364. The van der Waals surface area contributed by atoms with Gasteiger partial charge in [0.2, 0.25) is 0 Å². The molecule has 6 heteroatoms. The van der Waals surface area contributed by atoms with E-state index in [4.69, 9.17) is 20.6 Å². The van der Waals surface area contributed by atoms with Crippen molar-refractivity contribution >= 4 is 11.9 Å². The first-order chi connectivity index (χ1) is 11.1. The highest BCUT2D eigenvalue weighted by Crippen LogP contribution is 2.22. The minimum Gasteiger partial charge on any atom is -0.497 e. The zero-order valence-corrected chi connectivity index (χ0v) is 13.6. The number of benzene rings is 1. The van der Waals surface area contributed by atoms with Crippen LogP contribution >= 0.6 is 0 Å². The normalized spacial score (nSPS) is 17.6. The van der Waals surface area contributed by atoms with Crippen LogP contribution in [-0.2, 0) is 4.79 Å². The summed E-state index contributed by atoms with van der Waals surface area (Å²) in [5, 5.41) is 7.50. The molecule has 23 heavy (non-hydrogen) atoms. The molecule has 1 unspecified atom stereocenters. The van der Waals surface area contributed by atoms with Crippen molar-refractivity contribution in [3.8, 4) is 11.5 Å².